The quantitative estimate of drug-likeness (QED) is 0.729. The van der Waals surface area contributed by atoms with Gasteiger partial charge in [0.2, 0.25) is 0 Å². The van der Waals surface area contributed by atoms with Crippen LogP contribution < -0.4 is 5.73 Å². The number of hydrogen-bond acceptors (Lipinski definition) is 2. The minimum atomic E-state index is 0. The average molecular weight is 194 g/mol. The van der Waals surface area contributed by atoms with Crippen LogP contribution in [0.4, 0.5) is 5.69 Å². The first-order valence-electron chi connectivity index (χ1n) is 5.00. The number of hydrogen-bond donors (Lipinski definition) is 1. The van der Waals surface area contributed by atoms with Crippen LogP contribution in [-0.2, 0) is 19.3 Å². The lowest BCUT2D eigenvalue weighted by atomic mass is 10.1. The molecule has 4 N–H and O–H groups in total. The summed E-state index contributed by atoms with van der Waals surface area (Å²) in [7, 11) is 0. The van der Waals surface area contributed by atoms with Crippen LogP contribution in [-0.4, -0.2) is 10.5 Å². The fraction of sp³-hybridized carbons (Fsp3) is 0.545. The van der Waals surface area contributed by atoms with Crippen molar-refractivity contribution in [1.29, 1.82) is 0 Å². The summed E-state index contributed by atoms with van der Waals surface area (Å²) >= 11 is 0. The van der Waals surface area contributed by atoms with Crippen LogP contribution in [0.5, 0.6) is 0 Å². The molecule has 0 amide bonds. The molecule has 0 fully saturated rings. The molecule has 0 atom stereocenters. The van der Waals surface area contributed by atoms with Crippen molar-refractivity contribution in [2.45, 2.75) is 39.5 Å². The van der Waals surface area contributed by atoms with Gasteiger partial charge in [-0.05, 0) is 43.7 Å². The molecule has 3 nitrogen and oxygen atoms in total. The predicted octanol–water partition coefficient (Wildman–Crippen LogP) is 1.20. The largest absolute Gasteiger partial charge is 0.412 e. The van der Waals surface area contributed by atoms with Crippen molar-refractivity contribution in [3.8, 4) is 0 Å². The maximum atomic E-state index is 6.07. The Hall–Kier alpha value is -1.09. The molecule has 0 aromatic carbocycles. The van der Waals surface area contributed by atoms with Crippen molar-refractivity contribution in [3.05, 3.63) is 22.5 Å². The highest BCUT2D eigenvalue weighted by molar-refractivity contribution is 5.57. The molecule has 3 heteroatoms. The third-order valence-electron chi connectivity index (χ3n) is 2.96. The topological polar surface area (TPSA) is 70.4 Å². The van der Waals surface area contributed by atoms with E-state index in [0.29, 0.717) is 0 Å². The Morgan fingerprint density at radius 3 is 2.71 bits per heavy atom. The summed E-state index contributed by atoms with van der Waals surface area (Å²) < 4.78 is 0. The van der Waals surface area contributed by atoms with Crippen molar-refractivity contribution in [1.82, 2.24) is 4.98 Å². The van der Waals surface area contributed by atoms with Crippen LogP contribution in [0.1, 0.15) is 35.9 Å². The van der Waals surface area contributed by atoms with Gasteiger partial charge in [-0.2, -0.15) is 0 Å². The van der Waals surface area contributed by atoms with E-state index in [1.807, 2.05) is 0 Å². The molecule has 1 heterocycles. The Bertz CT molecular complexity index is 347. The number of anilines is 1. The Morgan fingerprint density at radius 1 is 1.36 bits per heavy atom. The van der Waals surface area contributed by atoms with E-state index in [1.165, 1.54) is 28.9 Å². The van der Waals surface area contributed by atoms with Gasteiger partial charge in [0.05, 0.1) is 0 Å². The van der Waals surface area contributed by atoms with Gasteiger partial charge < -0.3 is 11.2 Å². The third kappa shape index (κ3) is 1.48. The second kappa shape index (κ2) is 3.96. The van der Waals surface area contributed by atoms with E-state index in [0.717, 1.165) is 24.9 Å². The van der Waals surface area contributed by atoms with E-state index in [9.17, 15) is 0 Å². The zero-order valence-corrected chi connectivity index (χ0v) is 8.85. The minimum Gasteiger partial charge on any atom is -0.412 e. The molecule has 0 aliphatic heterocycles. The fourth-order valence-corrected chi connectivity index (χ4v) is 2.11. The van der Waals surface area contributed by atoms with Crippen molar-refractivity contribution in [2.75, 3.05) is 5.73 Å². The van der Waals surface area contributed by atoms with Gasteiger partial charge in [-0.3, -0.25) is 4.98 Å². The van der Waals surface area contributed by atoms with E-state index in [-0.39, 0.29) is 5.48 Å². The van der Waals surface area contributed by atoms with E-state index < -0.39 is 0 Å². The van der Waals surface area contributed by atoms with Crippen molar-refractivity contribution < 1.29 is 5.48 Å². The summed E-state index contributed by atoms with van der Waals surface area (Å²) in [4.78, 5) is 4.65. The van der Waals surface area contributed by atoms with Gasteiger partial charge in [0.15, 0.2) is 0 Å². The molecular formula is C11H18N2O. The van der Waals surface area contributed by atoms with Crippen molar-refractivity contribution in [2.24, 2.45) is 0 Å². The minimum absolute atomic E-state index is 0. The van der Waals surface area contributed by atoms with Crippen molar-refractivity contribution >= 4 is 5.69 Å². The molecule has 14 heavy (non-hydrogen) atoms. The van der Waals surface area contributed by atoms with Gasteiger partial charge in [0.25, 0.3) is 0 Å². The normalized spacial score (nSPS) is 13.6. The van der Waals surface area contributed by atoms with Crippen LogP contribution in [0.2, 0.25) is 0 Å². The first-order valence-corrected chi connectivity index (χ1v) is 5.00. The molecule has 1 aromatic rings. The average Bonchev–Trinajstić information content (AvgIpc) is 2.59. The second-order valence-corrected chi connectivity index (χ2v) is 3.73. The Morgan fingerprint density at radius 2 is 2.07 bits per heavy atom. The first kappa shape index (κ1) is 11.0. The molecule has 0 spiro atoms. The number of pyridine rings is 1. The maximum absolute atomic E-state index is 6.07. The number of fused-ring (bicyclic) bond motifs is 1. The zero-order chi connectivity index (χ0) is 9.42. The van der Waals surface area contributed by atoms with Crippen LogP contribution in [0.15, 0.2) is 0 Å². The lowest BCUT2D eigenvalue weighted by Gasteiger charge is -2.10. The molecule has 1 aliphatic rings. The zero-order valence-electron chi connectivity index (χ0n) is 8.85. The molecule has 78 valence electrons. The van der Waals surface area contributed by atoms with Gasteiger partial charge in [0, 0.05) is 17.1 Å². The van der Waals surface area contributed by atoms with Crippen molar-refractivity contribution in [3.63, 3.8) is 0 Å². The molecular weight excluding hydrogens is 176 g/mol. The van der Waals surface area contributed by atoms with Crippen LogP contribution in [0.25, 0.3) is 0 Å². The monoisotopic (exact) mass is 194 g/mol. The van der Waals surface area contributed by atoms with E-state index in [1.54, 1.807) is 0 Å². The number of rotatable bonds is 1. The number of nitrogens with zero attached hydrogens (tertiary/aromatic N) is 1. The first-order chi connectivity index (χ1) is 6.24. The lowest BCUT2D eigenvalue weighted by molar-refractivity contribution is 0.824. The van der Waals surface area contributed by atoms with E-state index >= 15 is 0 Å². The molecule has 0 saturated carbocycles. The molecule has 0 bridgehead atoms. The number of aryl methyl sites for hydroxylation is 2. The third-order valence-corrected chi connectivity index (χ3v) is 2.96. The number of nitrogens with two attached hydrogens (primary N) is 1. The molecule has 2 rings (SSSR count). The van der Waals surface area contributed by atoms with Gasteiger partial charge in [-0.15, -0.1) is 0 Å². The Balaban J connectivity index is 0.000000980. The lowest BCUT2D eigenvalue weighted by Crippen LogP contribution is -2.04. The molecule has 0 radical (unpaired) electrons. The Kier molecular flexibility index (Phi) is 3.11. The van der Waals surface area contributed by atoms with Gasteiger partial charge in [-0.25, -0.2) is 0 Å². The highest BCUT2D eigenvalue weighted by Gasteiger charge is 2.18. The van der Waals surface area contributed by atoms with Gasteiger partial charge >= 0.3 is 0 Å². The van der Waals surface area contributed by atoms with Crippen LogP contribution in [0.3, 0.4) is 0 Å². The van der Waals surface area contributed by atoms with Crippen LogP contribution >= 0.6 is 0 Å². The highest BCUT2D eigenvalue weighted by atomic mass is 16.0. The molecule has 1 aliphatic carbocycles. The second-order valence-electron chi connectivity index (χ2n) is 3.73. The van der Waals surface area contributed by atoms with Gasteiger partial charge in [0.1, 0.15) is 0 Å². The maximum Gasteiger partial charge on any atom is 0.0459 e. The summed E-state index contributed by atoms with van der Waals surface area (Å²) in [6, 6.07) is 0. The fourth-order valence-electron chi connectivity index (χ4n) is 2.11. The highest BCUT2D eigenvalue weighted by Crippen LogP contribution is 2.29. The summed E-state index contributed by atoms with van der Waals surface area (Å²) in [6.07, 6.45) is 4.45. The van der Waals surface area contributed by atoms with E-state index in [4.69, 9.17) is 5.73 Å². The van der Waals surface area contributed by atoms with E-state index in [2.05, 4.69) is 18.8 Å². The summed E-state index contributed by atoms with van der Waals surface area (Å²) in [6.45, 7) is 4.22. The molecule has 0 saturated heterocycles. The molecule has 0 unspecified atom stereocenters. The number of nitrogen functional groups attached to an aromatic ring is 1. The summed E-state index contributed by atoms with van der Waals surface area (Å²) in [5, 5.41) is 0. The summed E-state index contributed by atoms with van der Waals surface area (Å²) in [5.41, 5.74) is 12.0. The SMILES string of the molecule is CCc1nc2c(c(N)c1C)CCC2.O. The standard InChI is InChI=1S/C11H16N2.H2O/c1-3-9-7(2)11(12)8-5-4-6-10(8)13-9;/h3-6H2,1-2H3,(H2,12,13);1H2. The van der Waals surface area contributed by atoms with Gasteiger partial charge in [-0.1, -0.05) is 6.92 Å². The summed E-state index contributed by atoms with van der Waals surface area (Å²) in [5.74, 6) is 0. The predicted molar refractivity (Wildman–Crippen MR) is 58.4 cm³/mol. The van der Waals surface area contributed by atoms with Crippen LogP contribution in [0, 0.1) is 6.92 Å². The smallest absolute Gasteiger partial charge is 0.0459 e. The Labute approximate surface area is 84.7 Å². The molecule has 1 aromatic heterocycles. The number of aromatic nitrogens is 1.